The molecule has 0 radical (unpaired) electrons. The highest BCUT2D eigenvalue weighted by Gasteiger charge is 2.29. The summed E-state index contributed by atoms with van der Waals surface area (Å²) in [7, 11) is 0. The molecule has 3 N–H and O–H groups in total. The molecule has 1 aliphatic rings. The Morgan fingerprint density at radius 3 is 2.59 bits per heavy atom. The number of aromatic amines is 1. The number of nitrogens with zero attached hydrogens (tertiary/aromatic N) is 2. The molecule has 1 amide bonds. The molecule has 0 saturated heterocycles. The summed E-state index contributed by atoms with van der Waals surface area (Å²) in [6, 6.07) is 13.4. The van der Waals surface area contributed by atoms with Crippen LogP contribution in [0.4, 0.5) is 5.69 Å². The van der Waals surface area contributed by atoms with Crippen LogP contribution in [0.3, 0.4) is 0 Å². The first-order valence-electron chi connectivity index (χ1n) is 9.04. The number of carbonyl (C=O) groups excluding carboxylic acids is 1. The third-order valence-electron chi connectivity index (χ3n) is 4.63. The maximum Gasteiger partial charge on any atom is 0.255 e. The third-order valence-corrected chi connectivity index (χ3v) is 4.63. The van der Waals surface area contributed by atoms with Gasteiger partial charge in [-0.2, -0.15) is 15.4 Å². The number of nitrogens with one attached hydrogen (secondary N) is 3. The Morgan fingerprint density at radius 1 is 1.04 bits per heavy atom. The molecular weight excluding hydrogens is 342 g/mol. The fourth-order valence-corrected chi connectivity index (χ4v) is 3.31. The smallest absolute Gasteiger partial charge is 0.255 e. The van der Waals surface area contributed by atoms with Crippen LogP contribution in [-0.4, -0.2) is 27.9 Å². The van der Waals surface area contributed by atoms with Crippen LogP contribution in [0.15, 0.2) is 42.5 Å². The number of ether oxygens (including phenoxy) is 1. The van der Waals surface area contributed by atoms with Crippen LogP contribution in [0.1, 0.15) is 41.6 Å². The normalized spacial score (nSPS) is 15.6. The average Bonchev–Trinajstić information content (AvgIpc) is 3.18. The summed E-state index contributed by atoms with van der Waals surface area (Å²) in [5, 5.41) is 17.6. The molecule has 2 heterocycles. The molecule has 2 aromatic carbocycles. The van der Waals surface area contributed by atoms with Crippen molar-refractivity contribution < 1.29 is 9.53 Å². The SMILES string of the molecule is CCOc1ccc(-c2n[nH]nc2C2NC(=O)c3cccc(CC)c3N2)cc1. The van der Waals surface area contributed by atoms with Crippen molar-refractivity contribution in [3.05, 3.63) is 59.3 Å². The summed E-state index contributed by atoms with van der Waals surface area (Å²) in [6.45, 7) is 4.63. The molecule has 1 atom stereocenters. The van der Waals surface area contributed by atoms with Crippen LogP contribution in [-0.2, 0) is 6.42 Å². The van der Waals surface area contributed by atoms with Crippen molar-refractivity contribution in [3.63, 3.8) is 0 Å². The van der Waals surface area contributed by atoms with Crippen molar-refractivity contribution in [2.24, 2.45) is 0 Å². The summed E-state index contributed by atoms with van der Waals surface area (Å²) in [4.78, 5) is 12.6. The van der Waals surface area contributed by atoms with Crippen molar-refractivity contribution in [3.8, 4) is 17.0 Å². The fraction of sp³-hybridized carbons (Fsp3) is 0.250. The maximum absolute atomic E-state index is 12.6. The Kier molecular flexibility index (Phi) is 4.50. The molecule has 0 spiro atoms. The highest BCUT2D eigenvalue weighted by molar-refractivity contribution is 6.02. The molecule has 1 aliphatic heterocycles. The lowest BCUT2D eigenvalue weighted by molar-refractivity contribution is 0.0935. The van der Waals surface area contributed by atoms with E-state index in [4.69, 9.17) is 4.74 Å². The zero-order chi connectivity index (χ0) is 18.8. The topological polar surface area (TPSA) is 91.9 Å². The molecule has 0 bridgehead atoms. The third kappa shape index (κ3) is 3.12. The van der Waals surface area contributed by atoms with E-state index in [0.29, 0.717) is 23.6 Å². The molecule has 7 heteroatoms. The van der Waals surface area contributed by atoms with Crippen molar-refractivity contribution in [1.29, 1.82) is 0 Å². The van der Waals surface area contributed by atoms with Gasteiger partial charge in [0.2, 0.25) is 0 Å². The van der Waals surface area contributed by atoms with Gasteiger partial charge in [-0.15, -0.1) is 0 Å². The first kappa shape index (κ1) is 17.1. The number of fused-ring (bicyclic) bond motifs is 1. The maximum atomic E-state index is 12.6. The van der Waals surface area contributed by atoms with E-state index in [2.05, 4.69) is 33.0 Å². The minimum atomic E-state index is -0.460. The van der Waals surface area contributed by atoms with Gasteiger partial charge < -0.3 is 15.4 Å². The average molecular weight is 363 g/mol. The first-order chi connectivity index (χ1) is 13.2. The number of aromatic nitrogens is 3. The number of H-pyrrole nitrogens is 1. The van der Waals surface area contributed by atoms with E-state index in [1.165, 1.54) is 0 Å². The number of aryl methyl sites for hydroxylation is 1. The van der Waals surface area contributed by atoms with Gasteiger partial charge >= 0.3 is 0 Å². The summed E-state index contributed by atoms with van der Waals surface area (Å²) >= 11 is 0. The summed E-state index contributed by atoms with van der Waals surface area (Å²) < 4.78 is 5.49. The van der Waals surface area contributed by atoms with E-state index in [1.807, 2.05) is 49.4 Å². The van der Waals surface area contributed by atoms with Gasteiger partial charge in [0.05, 0.1) is 17.9 Å². The second-order valence-electron chi connectivity index (χ2n) is 6.26. The Balaban J connectivity index is 1.68. The predicted octanol–water partition coefficient (Wildman–Crippen LogP) is 3.29. The highest BCUT2D eigenvalue weighted by atomic mass is 16.5. The second kappa shape index (κ2) is 7.11. The van der Waals surface area contributed by atoms with Crippen molar-refractivity contribution in [1.82, 2.24) is 20.7 Å². The molecule has 4 rings (SSSR count). The summed E-state index contributed by atoms with van der Waals surface area (Å²) in [6.07, 6.45) is 0.374. The second-order valence-corrected chi connectivity index (χ2v) is 6.26. The molecule has 7 nitrogen and oxygen atoms in total. The van der Waals surface area contributed by atoms with Crippen LogP contribution in [0.5, 0.6) is 5.75 Å². The van der Waals surface area contributed by atoms with E-state index in [0.717, 1.165) is 29.0 Å². The van der Waals surface area contributed by atoms with E-state index in [9.17, 15) is 4.79 Å². The van der Waals surface area contributed by atoms with Crippen LogP contribution in [0, 0.1) is 0 Å². The lowest BCUT2D eigenvalue weighted by Gasteiger charge is -2.28. The largest absolute Gasteiger partial charge is 0.494 e. The van der Waals surface area contributed by atoms with Gasteiger partial charge in [-0.3, -0.25) is 4.79 Å². The predicted molar refractivity (Wildman–Crippen MR) is 103 cm³/mol. The standard InChI is InChI=1S/C20H21N5O2/c1-3-12-6-5-7-15-16(12)21-19(22-20(15)26)18-17(23-25-24-18)13-8-10-14(11-9-13)27-4-2/h5-11,19,21H,3-4H2,1-2H3,(H,22,26)(H,23,24,25). The lowest BCUT2D eigenvalue weighted by atomic mass is 10.0. The van der Waals surface area contributed by atoms with Crippen LogP contribution >= 0.6 is 0 Å². The lowest BCUT2D eigenvalue weighted by Crippen LogP contribution is -2.39. The minimum Gasteiger partial charge on any atom is -0.494 e. The van der Waals surface area contributed by atoms with E-state index >= 15 is 0 Å². The number of amides is 1. The van der Waals surface area contributed by atoms with Gasteiger partial charge in [0.25, 0.3) is 5.91 Å². The molecule has 138 valence electrons. The van der Waals surface area contributed by atoms with E-state index in [-0.39, 0.29) is 5.91 Å². The number of anilines is 1. The van der Waals surface area contributed by atoms with E-state index < -0.39 is 6.17 Å². The Bertz CT molecular complexity index is 965. The number of benzene rings is 2. The molecular formula is C20H21N5O2. The number of hydrogen-bond donors (Lipinski definition) is 3. The van der Waals surface area contributed by atoms with Crippen molar-refractivity contribution >= 4 is 11.6 Å². The number of rotatable bonds is 5. The summed E-state index contributed by atoms with van der Waals surface area (Å²) in [5.74, 6) is 0.682. The van der Waals surface area contributed by atoms with Gasteiger partial charge in [-0.05, 0) is 49.2 Å². The highest BCUT2D eigenvalue weighted by Crippen LogP contribution is 2.33. The first-order valence-corrected chi connectivity index (χ1v) is 9.04. The molecule has 1 unspecified atom stereocenters. The number of para-hydroxylation sites is 1. The van der Waals surface area contributed by atoms with Crippen molar-refractivity contribution in [2.75, 3.05) is 11.9 Å². The molecule has 0 saturated carbocycles. The van der Waals surface area contributed by atoms with Gasteiger partial charge in [-0.1, -0.05) is 19.1 Å². The monoisotopic (exact) mass is 363 g/mol. The van der Waals surface area contributed by atoms with Gasteiger partial charge in [0, 0.05) is 5.56 Å². The fourth-order valence-electron chi connectivity index (χ4n) is 3.31. The molecule has 27 heavy (non-hydrogen) atoms. The van der Waals surface area contributed by atoms with Crippen LogP contribution in [0.2, 0.25) is 0 Å². The molecule has 0 fully saturated rings. The quantitative estimate of drug-likeness (QED) is 0.647. The number of hydrogen-bond acceptors (Lipinski definition) is 5. The van der Waals surface area contributed by atoms with Gasteiger partial charge in [-0.25, -0.2) is 0 Å². The van der Waals surface area contributed by atoms with Crippen molar-refractivity contribution in [2.45, 2.75) is 26.4 Å². The molecule has 3 aromatic rings. The Hall–Kier alpha value is -3.35. The Morgan fingerprint density at radius 2 is 1.85 bits per heavy atom. The zero-order valence-electron chi connectivity index (χ0n) is 15.2. The zero-order valence-corrected chi connectivity index (χ0v) is 15.2. The van der Waals surface area contributed by atoms with Gasteiger partial charge in [0.15, 0.2) is 0 Å². The number of carbonyl (C=O) groups is 1. The van der Waals surface area contributed by atoms with Crippen LogP contribution < -0.4 is 15.4 Å². The molecule has 1 aromatic heterocycles. The van der Waals surface area contributed by atoms with Crippen LogP contribution in [0.25, 0.3) is 11.3 Å². The summed E-state index contributed by atoms with van der Waals surface area (Å²) in [5.41, 5.74) is 4.83. The molecule has 0 aliphatic carbocycles. The minimum absolute atomic E-state index is 0.121. The Labute approximate surface area is 157 Å². The van der Waals surface area contributed by atoms with Gasteiger partial charge in [0.1, 0.15) is 23.3 Å². The van der Waals surface area contributed by atoms with E-state index in [1.54, 1.807) is 0 Å².